The molecule has 0 aliphatic rings. The Bertz CT molecular complexity index is 213. The Hall–Kier alpha value is -0.280. The first-order chi connectivity index (χ1) is 6.97. The van der Waals surface area contributed by atoms with Crippen LogP contribution in [0.5, 0.6) is 0 Å². The lowest BCUT2D eigenvalue weighted by Gasteiger charge is -2.32. The fourth-order valence-corrected chi connectivity index (χ4v) is 0.867. The SMILES string of the molecule is CC(N)(O)CNC(C)(O)CNC(C)(O)CN. The molecule has 0 radical (unpaired) electrons. The van der Waals surface area contributed by atoms with Crippen LogP contribution in [-0.4, -0.2) is 52.1 Å². The van der Waals surface area contributed by atoms with Gasteiger partial charge in [0.25, 0.3) is 0 Å². The molecule has 0 fully saturated rings. The third-order valence-corrected chi connectivity index (χ3v) is 2.04. The smallest absolute Gasteiger partial charge is 0.125 e. The number of rotatable bonds is 7. The number of nitrogens with two attached hydrogens (primary N) is 2. The van der Waals surface area contributed by atoms with Gasteiger partial charge in [0.15, 0.2) is 0 Å². The van der Waals surface area contributed by atoms with Gasteiger partial charge in [-0.1, -0.05) is 0 Å². The number of nitrogens with one attached hydrogen (secondary N) is 2. The van der Waals surface area contributed by atoms with E-state index in [0.29, 0.717) is 0 Å². The van der Waals surface area contributed by atoms with Crippen molar-refractivity contribution in [3.05, 3.63) is 0 Å². The summed E-state index contributed by atoms with van der Waals surface area (Å²) in [5.41, 5.74) is 6.70. The summed E-state index contributed by atoms with van der Waals surface area (Å²) in [6, 6.07) is 0. The molecule has 7 nitrogen and oxygen atoms in total. The fourth-order valence-electron chi connectivity index (χ4n) is 0.867. The van der Waals surface area contributed by atoms with Gasteiger partial charge in [-0.3, -0.25) is 10.6 Å². The van der Waals surface area contributed by atoms with E-state index in [2.05, 4.69) is 10.6 Å². The Morgan fingerprint density at radius 1 is 0.938 bits per heavy atom. The normalized spacial score (nSPS) is 23.2. The van der Waals surface area contributed by atoms with Gasteiger partial charge in [-0.05, 0) is 20.8 Å². The van der Waals surface area contributed by atoms with Gasteiger partial charge in [0.2, 0.25) is 0 Å². The molecule has 0 bridgehead atoms. The second-order valence-corrected chi connectivity index (χ2v) is 4.82. The van der Waals surface area contributed by atoms with E-state index in [9.17, 15) is 15.3 Å². The molecule has 0 saturated carbocycles. The monoisotopic (exact) mass is 236 g/mol. The first kappa shape index (κ1) is 15.7. The van der Waals surface area contributed by atoms with E-state index in [0.717, 1.165) is 0 Å². The highest BCUT2D eigenvalue weighted by Crippen LogP contribution is 2.02. The molecule has 0 aromatic rings. The third-order valence-electron chi connectivity index (χ3n) is 2.04. The van der Waals surface area contributed by atoms with Crippen molar-refractivity contribution in [2.24, 2.45) is 11.5 Å². The molecule has 0 spiro atoms. The predicted octanol–water partition coefficient (Wildman–Crippen LogP) is -2.79. The Morgan fingerprint density at radius 3 is 1.75 bits per heavy atom. The molecular formula is C9H24N4O3. The summed E-state index contributed by atoms with van der Waals surface area (Å²) in [4.78, 5) is 0. The van der Waals surface area contributed by atoms with Crippen LogP contribution in [0.1, 0.15) is 20.8 Å². The van der Waals surface area contributed by atoms with E-state index in [1.54, 1.807) is 0 Å². The summed E-state index contributed by atoms with van der Waals surface area (Å²) in [7, 11) is 0. The fraction of sp³-hybridized carbons (Fsp3) is 1.00. The Labute approximate surface area is 95.8 Å². The molecular weight excluding hydrogens is 212 g/mol. The zero-order valence-electron chi connectivity index (χ0n) is 10.1. The average molecular weight is 236 g/mol. The van der Waals surface area contributed by atoms with Crippen LogP contribution < -0.4 is 22.1 Å². The Balaban J connectivity index is 4.06. The van der Waals surface area contributed by atoms with Gasteiger partial charge in [0, 0.05) is 19.6 Å². The van der Waals surface area contributed by atoms with Gasteiger partial charge in [0.05, 0.1) is 0 Å². The largest absolute Gasteiger partial charge is 0.375 e. The Morgan fingerprint density at radius 2 is 1.38 bits per heavy atom. The molecule has 7 heteroatoms. The zero-order valence-corrected chi connectivity index (χ0v) is 10.1. The molecule has 9 N–H and O–H groups in total. The summed E-state index contributed by atoms with van der Waals surface area (Å²) < 4.78 is 0. The van der Waals surface area contributed by atoms with Gasteiger partial charge >= 0.3 is 0 Å². The van der Waals surface area contributed by atoms with E-state index in [-0.39, 0.29) is 19.6 Å². The summed E-state index contributed by atoms with van der Waals surface area (Å²) in [5.74, 6) is 0. The highest BCUT2D eigenvalue weighted by molar-refractivity contribution is 4.81. The van der Waals surface area contributed by atoms with Crippen LogP contribution in [-0.2, 0) is 0 Å². The van der Waals surface area contributed by atoms with E-state index < -0.39 is 17.2 Å². The topological polar surface area (TPSA) is 137 Å². The molecule has 0 rings (SSSR count). The van der Waals surface area contributed by atoms with E-state index in [4.69, 9.17) is 11.5 Å². The molecule has 0 amide bonds. The number of hydrogen-bond donors (Lipinski definition) is 7. The van der Waals surface area contributed by atoms with Crippen LogP contribution in [0.15, 0.2) is 0 Å². The summed E-state index contributed by atoms with van der Waals surface area (Å²) in [6.07, 6.45) is 0. The molecule has 0 aromatic heterocycles. The minimum absolute atomic E-state index is 0.0203. The van der Waals surface area contributed by atoms with Crippen molar-refractivity contribution in [3.63, 3.8) is 0 Å². The molecule has 0 aromatic carbocycles. The first-order valence-electron chi connectivity index (χ1n) is 5.14. The van der Waals surface area contributed by atoms with Crippen molar-refractivity contribution >= 4 is 0 Å². The van der Waals surface area contributed by atoms with Crippen LogP contribution in [0, 0.1) is 0 Å². The van der Waals surface area contributed by atoms with Crippen molar-refractivity contribution in [1.82, 2.24) is 10.6 Å². The van der Waals surface area contributed by atoms with E-state index >= 15 is 0 Å². The van der Waals surface area contributed by atoms with Crippen LogP contribution in [0.4, 0.5) is 0 Å². The molecule has 0 aliphatic carbocycles. The van der Waals surface area contributed by atoms with Gasteiger partial charge in [-0.2, -0.15) is 0 Å². The molecule has 3 unspecified atom stereocenters. The van der Waals surface area contributed by atoms with Crippen molar-refractivity contribution < 1.29 is 15.3 Å². The minimum atomic E-state index is -1.40. The minimum Gasteiger partial charge on any atom is -0.375 e. The van der Waals surface area contributed by atoms with Crippen LogP contribution in [0.25, 0.3) is 0 Å². The van der Waals surface area contributed by atoms with Gasteiger partial charge in [0.1, 0.15) is 17.2 Å². The quantitative estimate of drug-likeness (QED) is 0.237. The van der Waals surface area contributed by atoms with Crippen molar-refractivity contribution in [1.29, 1.82) is 0 Å². The second kappa shape index (κ2) is 5.37. The third kappa shape index (κ3) is 7.94. The zero-order chi connectivity index (χ0) is 13.0. The molecule has 0 heterocycles. The van der Waals surface area contributed by atoms with Crippen LogP contribution in [0.3, 0.4) is 0 Å². The second-order valence-electron chi connectivity index (χ2n) is 4.82. The van der Waals surface area contributed by atoms with Gasteiger partial charge < -0.3 is 26.8 Å². The van der Waals surface area contributed by atoms with Crippen molar-refractivity contribution in [2.45, 2.75) is 37.9 Å². The van der Waals surface area contributed by atoms with Crippen LogP contribution in [0.2, 0.25) is 0 Å². The summed E-state index contributed by atoms with van der Waals surface area (Å²) in [5, 5.41) is 34.0. The van der Waals surface area contributed by atoms with Crippen molar-refractivity contribution in [3.8, 4) is 0 Å². The average Bonchev–Trinajstić information content (AvgIpc) is 2.12. The first-order valence-corrected chi connectivity index (χ1v) is 5.14. The van der Waals surface area contributed by atoms with Crippen molar-refractivity contribution in [2.75, 3.05) is 19.6 Å². The number of aliphatic hydroxyl groups is 3. The maximum Gasteiger partial charge on any atom is 0.125 e. The van der Waals surface area contributed by atoms with E-state index in [1.807, 2.05) is 0 Å². The predicted molar refractivity (Wildman–Crippen MR) is 61.1 cm³/mol. The molecule has 3 atom stereocenters. The molecule has 0 saturated heterocycles. The van der Waals surface area contributed by atoms with Gasteiger partial charge in [-0.15, -0.1) is 0 Å². The molecule has 0 aliphatic heterocycles. The summed E-state index contributed by atoms with van der Waals surface area (Å²) in [6.45, 7) is 4.53. The highest BCUT2D eigenvalue weighted by atomic mass is 16.3. The maximum absolute atomic E-state index is 9.84. The lowest BCUT2D eigenvalue weighted by atomic mass is 10.2. The summed E-state index contributed by atoms with van der Waals surface area (Å²) >= 11 is 0. The standard InChI is InChI=1S/C9H24N4O3/c1-7(11,14)5-12-9(3,16)6-13-8(2,15)4-10/h12-16H,4-6,10-11H2,1-3H3. The van der Waals surface area contributed by atoms with Crippen LogP contribution >= 0.6 is 0 Å². The lowest BCUT2D eigenvalue weighted by Crippen LogP contribution is -2.60. The Kier molecular flexibility index (Phi) is 5.27. The lowest BCUT2D eigenvalue weighted by molar-refractivity contribution is -0.0383. The maximum atomic E-state index is 9.84. The molecule has 16 heavy (non-hydrogen) atoms. The van der Waals surface area contributed by atoms with E-state index in [1.165, 1.54) is 20.8 Å². The highest BCUT2D eigenvalue weighted by Gasteiger charge is 2.27. The number of hydrogen-bond acceptors (Lipinski definition) is 7. The van der Waals surface area contributed by atoms with Gasteiger partial charge in [-0.25, -0.2) is 0 Å². The molecule has 98 valence electrons.